The van der Waals surface area contributed by atoms with Crippen molar-refractivity contribution in [3.8, 4) is 0 Å². The summed E-state index contributed by atoms with van der Waals surface area (Å²) in [4.78, 5) is 8.41. The number of nitrogens with zero attached hydrogens (tertiary/aromatic N) is 2. The Hall–Kier alpha value is -1.11. The molecule has 0 fully saturated rings. The predicted octanol–water partition coefficient (Wildman–Crippen LogP) is 2.72. The smallest absolute Gasteiger partial charge is 0.191 e. The molecule has 25 heavy (non-hydrogen) atoms. The van der Waals surface area contributed by atoms with Crippen molar-refractivity contribution in [2.24, 2.45) is 10.9 Å². The quantitative estimate of drug-likeness (QED) is 0.401. The number of aliphatic imine (C=N–C) groups is 1. The topological polar surface area (TPSA) is 48.9 Å². The van der Waals surface area contributed by atoms with Crippen molar-refractivity contribution in [2.45, 2.75) is 46.2 Å². The van der Waals surface area contributed by atoms with Gasteiger partial charge < -0.3 is 15.4 Å². The monoisotopic (exact) mass is 366 g/mol. The number of ether oxygens (including phenoxy) is 1. The van der Waals surface area contributed by atoms with Crippen LogP contribution < -0.4 is 10.6 Å². The first kappa shape index (κ1) is 20.2. The van der Waals surface area contributed by atoms with Crippen LogP contribution in [0.25, 0.3) is 0 Å². The Bertz CT molecular complexity index is 529. The van der Waals surface area contributed by atoms with E-state index in [1.807, 2.05) is 18.4 Å². The minimum Gasteiger partial charge on any atom is -0.380 e. The highest BCUT2D eigenvalue weighted by molar-refractivity contribution is 7.10. The summed E-state index contributed by atoms with van der Waals surface area (Å²) in [6.45, 7) is 12.2. The van der Waals surface area contributed by atoms with E-state index in [4.69, 9.17) is 4.74 Å². The number of hydrogen-bond donors (Lipinski definition) is 2. The second kappa shape index (κ2) is 10.8. The maximum Gasteiger partial charge on any atom is 0.191 e. The summed E-state index contributed by atoms with van der Waals surface area (Å²) in [6.07, 6.45) is 2.30. The molecule has 0 radical (unpaired) electrons. The van der Waals surface area contributed by atoms with Crippen LogP contribution in [0.2, 0.25) is 0 Å². The fourth-order valence-corrected chi connectivity index (χ4v) is 3.79. The van der Waals surface area contributed by atoms with Crippen LogP contribution in [-0.4, -0.2) is 56.8 Å². The molecule has 2 heterocycles. The van der Waals surface area contributed by atoms with E-state index in [1.54, 1.807) is 4.88 Å². The van der Waals surface area contributed by atoms with Gasteiger partial charge in [0.2, 0.25) is 0 Å². The number of rotatable bonds is 9. The summed E-state index contributed by atoms with van der Waals surface area (Å²) in [6, 6.07) is 2.75. The fraction of sp³-hybridized carbons (Fsp3) is 0.737. The third-order valence-electron chi connectivity index (χ3n) is 4.63. The normalized spacial score (nSPS) is 16.8. The lowest BCUT2D eigenvalue weighted by Crippen LogP contribution is -2.47. The summed E-state index contributed by atoms with van der Waals surface area (Å²) in [5.41, 5.74) is 1.50. The summed E-state index contributed by atoms with van der Waals surface area (Å²) in [7, 11) is 1.82. The third kappa shape index (κ3) is 6.96. The second-order valence-electron chi connectivity index (χ2n) is 7.11. The van der Waals surface area contributed by atoms with Gasteiger partial charge in [-0.15, -0.1) is 11.3 Å². The van der Waals surface area contributed by atoms with Gasteiger partial charge in [0.05, 0.1) is 6.61 Å². The van der Waals surface area contributed by atoms with Gasteiger partial charge in [-0.2, -0.15) is 0 Å². The van der Waals surface area contributed by atoms with Crippen LogP contribution in [0.4, 0.5) is 0 Å². The summed E-state index contributed by atoms with van der Waals surface area (Å²) >= 11 is 1.89. The Labute approximate surface area is 156 Å². The van der Waals surface area contributed by atoms with Gasteiger partial charge in [0.15, 0.2) is 5.96 Å². The Kier molecular flexibility index (Phi) is 8.72. The highest BCUT2D eigenvalue weighted by atomic mass is 32.1. The Balaban J connectivity index is 1.62. The zero-order valence-electron chi connectivity index (χ0n) is 16.2. The zero-order chi connectivity index (χ0) is 18.1. The molecule has 142 valence electrons. The molecule has 0 saturated carbocycles. The highest BCUT2D eigenvalue weighted by Gasteiger charge is 2.21. The average molecular weight is 367 g/mol. The standard InChI is InChI=1S/C19H34N4OS/c1-15(2)6-10-24-11-8-21-19(20-4)22-13-16(3)23-9-5-18-17(14-23)7-12-25-18/h7,12,15-16H,5-6,8-11,13-14H2,1-4H3,(H2,20,21,22). The first-order valence-electron chi connectivity index (χ1n) is 9.41. The molecule has 2 rings (SSSR count). The molecular weight excluding hydrogens is 332 g/mol. The molecule has 1 atom stereocenters. The van der Waals surface area contributed by atoms with Crippen molar-refractivity contribution in [3.05, 3.63) is 21.9 Å². The van der Waals surface area contributed by atoms with Crippen molar-refractivity contribution in [3.63, 3.8) is 0 Å². The minimum absolute atomic E-state index is 0.480. The Morgan fingerprint density at radius 3 is 2.92 bits per heavy atom. The van der Waals surface area contributed by atoms with Gasteiger partial charge in [0, 0.05) is 50.8 Å². The van der Waals surface area contributed by atoms with E-state index < -0.39 is 0 Å². The number of thiophene rings is 1. The highest BCUT2D eigenvalue weighted by Crippen LogP contribution is 2.24. The minimum atomic E-state index is 0.480. The molecule has 0 bridgehead atoms. The van der Waals surface area contributed by atoms with Gasteiger partial charge in [-0.1, -0.05) is 13.8 Å². The van der Waals surface area contributed by atoms with Crippen molar-refractivity contribution in [1.29, 1.82) is 0 Å². The van der Waals surface area contributed by atoms with E-state index in [9.17, 15) is 0 Å². The fourth-order valence-electron chi connectivity index (χ4n) is 2.90. The maximum atomic E-state index is 5.63. The average Bonchev–Trinajstić information content (AvgIpc) is 3.07. The van der Waals surface area contributed by atoms with Crippen molar-refractivity contribution in [2.75, 3.05) is 39.9 Å². The van der Waals surface area contributed by atoms with Gasteiger partial charge in [0.25, 0.3) is 0 Å². The number of hydrogen-bond acceptors (Lipinski definition) is 4. The maximum absolute atomic E-state index is 5.63. The predicted molar refractivity (Wildman–Crippen MR) is 108 cm³/mol. The lowest BCUT2D eigenvalue weighted by Gasteiger charge is -2.32. The molecule has 0 saturated heterocycles. The lowest BCUT2D eigenvalue weighted by molar-refractivity contribution is 0.128. The van der Waals surface area contributed by atoms with Crippen LogP contribution in [-0.2, 0) is 17.7 Å². The van der Waals surface area contributed by atoms with E-state index in [1.165, 1.54) is 12.0 Å². The number of guanidine groups is 1. The first-order chi connectivity index (χ1) is 12.1. The van der Waals surface area contributed by atoms with E-state index in [0.717, 1.165) is 51.8 Å². The molecular formula is C19H34N4OS. The van der Waals surface area contributed by atoms with Crippen molar-refractivity contribution < 1.29 is 4.74 Å². The molecule has 1 aliphatic rings. The van der Waals surface area contributed by atoms with Crippen LogP contribution in [0.1, 0.15) is 37.6 Å². The van der Waals surface area contributed by atoms with Gasteiger partial charge in [-0.25, -0.2) is 0 Å². The van der Waals surface area contributed by atoms with E-state index >= 15 is 0 Å². The van der Waals surface area contributed by atoms with Gasteiger partial charge in [-0.05, 0) is 42.7 Å². The van der Waals surface area contributed by atoms with Gasteiger partial charge in [-0.3, -0.25) is 9.89 Å². The van der Waals surface area contributed by atoms with E-state index in [0.29, 0.717) is 12.0 Å². The van der Waals surface area contributed by atoms with E-state index in [-0.39, 0.29) is 0 Å². The largest absolute Gasteiger partial charge is 0.380 e. The van der Waals surface area contributed by atoms with Crippen LogP contribution in [0, 0.1) is 5.92 Å². The summed E-state index contributed by atoms with van der Waals surface area (Å²) in [5, 5.41) is 8.98. The Morgan fingerprint density at radius 2 is 2.16 bits per heavy atom. The van der Waals surface area contributed by atoms with Crippen LogP contribution >= 0.6 is 11.3 Å². The molecule has 1 unspecified atom stereocenters. The molecule has 0 aromatic carbocycles. The second-order valence-corrected chi connectivity index (χ2v) is 8.11. The van der Waals surface area contributed by atoms with Gasteiger partial charge in [0.1, 0.15) is 0 Å². The molecule has 5 nitrogen and oxygen atoms in total. The van der Waals surface area contributed by atoms with Crippen LogP contribution in [0.15, 0.2) is 16.4 Å². The molecule has 6 heteroatoms. The van der Waals surface area contributed by atoms with Crippen molar-refractivity contribution in [1.82, 2.24) is 15.5 Å². The van der Waals surface area contributed by atoms with Crippen molar-refractivity contribution >= 4 is 17.3 Å². The Morgan fingerprint density at radius 1 is 1.32 bits per heavy atom. The van der Waals surface area contributed by atoms with Crippen LogP contribution in [0.5, 0.6) is 0 Å². The summed E-state index contributed by atoms with van der Waals surface area (Å²) < 4.78 is 5.63. The molecule has 2 N–H and O–H groups in total. The molecule has 1 aromatic rings. The number of fused-ring (bicyclic) bond motifs is 1. The summed E-state index contributed by atoms with van der Waals surface area (Å²) in [5.74, 6) is 1.55. The number of nitrogens with one attached hydrogen (secondary N) is 2. The molecule has 0 aliphatic carbocycles. The molecule has 1 aromatic heterocycles. The molecule has 1 aliphatic heterocycles. The first-order valence-corrected chi connectivity index (χ1v) is 10.3. The molecule has 0 spiro atoms. The third-order valence-corrected chi connectivity index (χ3v) is 5.65. The molecule has 0 amide bonds. The zero-order valence-corrected chi connectivity index (χ0v) is 17.0. The van der Waals surface area contributed by atoms with Gasteiger partial charge >= 0.3 is 0 Å². The van der Waals surface area contributed by atoms with Crippen LogP contribution in [0.3, 0.4) is 0 Å². The SMILES string of the molecule is CN=C(NCCOCCC(C)C)NCC(C)N1CCc2sccc2C1. The van der Waals surface area contributed by atoms with E-state index in [2.05, 4.69) is 52.7 Å². The lowest BCUT2D eigenvalue weighted by atomic mass is 10.1.